The topological polar surface area (TPSA) is 34.6 Å². The van der Waals surface area contributed by atoms with E-state index in [0.29, 0.717) is 25.3 Å². The summed E-state index contributed by atoms with van der Waals surface area (Å²) in [6.45, 7) is 6.07. The first-order valence-corrected chi connectivity index (χ1v) is 10.9. The van der Waals surface area contributed by atoms with Gasteiger partial charge in [-0.15, -0.1) is 6.58 Å². The van der Waals surface area contributed by atoms with Crippen molar-refractivity contribution in [2.24, 2.45) is 0 Å². The van der Waals surface area contributed by atoms with Crippen molar-refractivity contribution >= 4 is 5.82 Å². The summed E-state index contributed by atoms with van der Waals surface area (Å²) in [6, 6.07) is 16.7. The van der Waals surface area contributed by atoms with E-state index in [4.69, 9.17) is 9.47 Å². The van der Waals surface area contributed by atoms with E-state index in [2.05, 4.69) is 11.6 Å². The minimum atomic E-state index is -4.47. The molecule has 0 N–H and O–H groups in total. The van der Waals surface area contributed by atoms with Crippen molar-refractivity contribution in [1.29, 1.82) is 0 Å². The van der Waals surface area contributed by atoms with Crippen LogP contribution in [0.15, 0.2) is 67.3 Å². The molecule has 0 aliphatic heterocycles. The summed E-state index contributed by atoms with van der Waals surface area (Å²) in [7, 11) is 3.20. The van der Waals surface area contributed by atoms with Crippen LogP contribution in [0.25, 0.3) is 0 Å². The largest absolute Gasteiger partial charge is 0.497 e. The summed E-state index contributed by atoms with van der Waals surface area (Å²) in [5, 5.41) is 0. The number of ether oxygens (including phenoxy) is 2. The van der Waals surface area contributed by atoms with Gasteiger partial charge in [-0.2, -0.15) is 13.2 Å². The van der Waals surface area contributed by atoms with Crippen molar-refractivity contribution in [3.8, 4) is 11.5 Å². The number of halogens is 3. The molecule has 2 aromatic carbocycles. The number of aryl methyl sites for hydroxylation is 2. The second-order valence-electron chi connectivity index (χ2n) is 8.00. The number of rotatable bonds is 10. The summed E-state index contributed by atoms with van der Waals surface area (Å²) < 4.78 is 51.9. The maximum atomic E-state index is 13.8. The van der Waals surface area contributed by atoms with E-state index in [0.717, 1.165) is 22.6 Å². The van der Waals surface area contributed by atoms with E-state index in [1.165, 1.54) is 13.0 Å². The van der Waals surface area contributed by atoms with Crippen molar-refractivity contribution in [3.05, 3.63) is 95.2 Å². The Morgan fingerprint density at radius 3 is 1.82 bits per heavy atom. The molecule has 1 aromatic heterocycles. The van der Waals surface area contributed by atoms with Crippen molar-refractivity contribution < 1.29 is 22.6 Å². The number of allylic oxidation sites excluding steroid dienone is 1. The van der Waals surface area contributed by atoms with Gasteiger partial charge >= 0.3 is 6.18 Å². The fraction of sp³-hybridized carbons (Fsp3) is 0.296. The number of anilines is 1. The van der Waals surface area contributed by atoms with Crippen LogP contribution in [0.4, 0.5) is 19.0 Å². The van der Waals surface area contributed by atoms with Crippen LogP contribution < -0.4 is 14.4 Å². The predicted octanol–water partition coefficient (Wildman–Crippen LogP) is 6.75. The molecule has 0 saturated heterocycles. The van der Waals surface area contributed by atoms with Gasteiger partial charge in [0.2, 0.25) is 0 Å². The maximum Gasteiger partial charge on any atom is 0.418 e. The lowest BCUT2D eigenvalue weighted by molar-refractivity contribution is -0.138. The zero-order valence-corrected chi connectivity index (χ0v) is 19.7. The number of methoxy groups -OCH3 is 2. The van der Waals surface area contributed by atoms with E-state index in [1.54, 1.807) is 20.3 Å². The normalized spacial score (nSPS) is 11.2. The lowest BCUT2D eigenvalue weighted by atomic mass is 10.0. The molecule has 0 radical (unpaired) electrons. The summed E-state index contributed by atoms with van der Waals surface area (Å²) >= 11 is 0. The zero-order chi connectivity index (χ0) is 24.7. The first-order chi connectivity index (χ1) is 16.2. The van der Waals surface area contributed by atoms with Crippen LogP contribution in [0.2, 0.25) is 0 Å². The number of hydrogen-bond acceptors (Lipinski definition) is 4. The quantitative estimate of drug-likeness (QED) is 0.307. The summed E-state index contributed by atoms with van der Waals surface area (Å²) in [5.41, 5.74) is 1.51. The van der Waals surface area contributed by atoms with Crippen LogP contribution >= 0.6 is 0 Å². The lowest BCUT2D eigenvalue weighted by Crippen LogP contribution is -2.25. The molecule has 0 fully saturated rings. The number of aromatic nitrogens is 1. The third-order valence-electron chi connectivity index (χ3n) is 5.54. The first kappa shape index (κ1) is 25.1. The third-order valence-corrected chi connectivity index (χ3v) is 5.54. The van der Waals surface area contributed by atoms with Crippen molar-refractivity contribution in [3.63, 3.8) is 0 Å². The minimum Gasteiger partial charge on any atom is -0.497 e. The molecule has 0 aliphatic rings. The SMILES string of the molecule is C=CCCc1nc(N(Cc2ccc(OC)cc2)Cc2ccc(OC)cc2)cc(C)c1C(F)(F)F. The Hall–Kier alpha value is -3.48. The van der Waals surface area contributed by atoms with Crippen LogP contribution in [-0.4, -0.2) is 19.2 Å². The van der Waals surface area contributed by atoms with Crippen molar-refractivity contribution in [1.82, 2.24) is 4.98 Å². The molecule has 0 unspecified atom stereocenters. The Morgan fingerprint density at radius 2 is 1.41 bits per heavy atom. The van der Waals surface area contributed by atoms with Gasteiger partial charge in [-0.1, -0.05) is 30.3 Å². The van der Waals surface area contributed by atoms with Crippen LogP contribution in [-0.2, 0) is 25.7 Å². The van der Waals surface area contributed by atoms with E-state index >= 15 is 0 Å². The van der Waals surface area contributed by atoms with Crippen LogP contribution in [0.3, 0.4) is 0 Å². The van der Waals surface area contributed by atoms with Crippen LogP contribution in [0, 0.1) is 6.92 Å². The molecule has 4 nitrogen and oxygen atoms in total. The lowest BCUT2D eigenvalue weighted by Gasteiger charge is -2.27. The average Bonchev–Trinajstić information content (AvgIpc) is 2.82. The van der Waals surface area contributed by atoms with Gasteiger partial charge < -0.3 is 14.4 Å². The number of benzene rings is 2. The van der Waals surface area contributed by atoms with E-state index < -0.39 is 11.7 Å². The van der Waals surface area contributed by atoms with Crippen molar-refractivity contribution in [2.45, 2.75) is 39.0 Å². The molecule has 0 amide bonds. The molecule has 34 heavy (non-hydrogen) atoms. The molecule has 1 heterocycles. The highest BCUT2D eigenvalue weighted by molar-refractivity contribution is 5.49. The highest BCUT2D eigenvalue weighted by atomic mass is 19.4. The zero-order valence-electron chi connectivity index (χ0n) is 19.7. The van der Waals surface area contributed by atoms with Gasteiger partial charge in [0.25, 0.3) is 0 Å². The van der Waals surface area contributed by atoms with Gasteiger partial charge in [0, 0.05) is 13.1 Å². The Bertz CT molecular complexity index is 1050. The standard InChI is InChI=1S/C27H29F3N2O2/c1-5-6-7-24-26(27(28,29)30)19(2)16-25(31-24)32(17-20-8-12-22(33-3)13-9-20)18-21-10-14-23(34-4)15-11-21/h5,8-16H,1,6-7,17-18H2,2-4H3. The number of hydrogen-bond donors (Lipinski definition) is 0. The predicted molar refractivity (Wildman–Crippen MR) is 128 cm³/mol. The van der Waals surface area contributed by atoms with Crippen LogP contribution in [0.5, 0.6) is 11.5 Å². The molecule has 0 atom stereocenters. The Kier molecular flexibility index (Phi) is 8.21. The number of pyridine rings is 1. The minimum absolute atomic E-state index is 0.0388. The summed E-state index contributed by atoms with van der Waals surface area (Å²) in [6.07, 6.45) is -2.28. The molecular formula is C27H29F3N2O2. The number of alkyl halides is 3. The molecule has 0 aliphatic carbocycles. The smallest absolute Gasteiger partial charge is 0.418 e. The van der Waals surface area contributed by atoms with E-state index in [1.807, 2.05) is 53.4 Å². The first-order valence-electron chi connectivity index (χ1n) is 10.9. The van der Waals surface area contributed by atoms with Gasteiger partial charge in [-0.25, -0.2) is 4.98 Å². The maximum absolute atomic E-state index is 13.8. The fourth-order valence-electron chi connectivity index (χ4n) is 3.81. The molecule has 0 saturated carbocycles. The molecular weight excluding hydrogens is 441 g/mol. The highest BCUT2D eigenvalue weighted by Crippen LogP contribution is 2.36. The van der Waals surface area contributed by atoms with Gasteiger partial charge in [0.15, 0.2) is 0 Å². The van der Waals surface area contributed by atoms with Gasteiger partial charge in [0.05, 0.1) is 25.5 Å². The second-order valence-corrected chi connectivity index (χ2v) is 8.00. The monoisotopic (exact) mass is 470 g/mol. The molecule has 3 rings (SSSR count). The van der Waals surface area contributed by atoms with Gasteiger partial charge in [0.1, 0.15) is 17.3 Å². The Balaban J connectivity index is 2.03. The van der Waals surface area contributed by atoms with Gasteiger partial charge in [-0.3, -0.25) is 0 Å². The third kappa shape index (κ3) is 6.31. The molecule has 0 spiro atoms. The Morgan fingerprint density at radius 1 is 0.912 bits per heavy atom. The summed E-state index contributed by atoms with van der Waals surface area (Å²) in [5.74, 6) is 1.97. The van der Waals surface area contributed by atoms with E-state index in [9.17, 15) is 13.2 Å². The molecule has 3 aromatic rings. The molecule has 0 bridgehead atoms. The van der Waals surface area contributed by atoms with Gasteiger partial charge in [-0.05, 0) is 66.8 Å². The van der Waals surface area contributed by atoms with Crippen LogP contribution in [0.1, 0.15) is 34.4 Å². The van der Waals surface area contributed by atoms with Crippen molar-refractivity contribution in [2.75, 3.05) is 19.1 Å². The average molecular weight is 471 g/mol. The summed E-state index contributed by atoms with van der Waals surface area (Å²) in [4.78, 5) is 6.49. The van der Waals surface area contributed by atoms with E-state index in [-0.39, 0.29) is 17.7 Å². The molecule has 7 heteroatoms. The Labute approximate surface area is 198 Å². The number of nitrogens with zero attached hydrogens (tertiary/aromatic N) is 2. The second kappa shape index (κ2) is 11.1. The highest BCUT2D eigenvalue weighted by Gasteiger charge is 2.36. The molecule has 180 valence electrons. The fourth-order valence-corrected chi connectivity index (χ4v) is 3.81.